The number of thioether (sulfide) groups is 2. The van der Waals surface area contributed by atoms with Crippen molar-refractivity contribution in [2.75, 3.05) is 11.5 Å². The van der Waals surface area contributed by atoms with Crippen LogP contribution in [-0.4, -0.2) is 22.0 Å². The molecule has 0 aliphatic carbocycles. The van der Waals surface area contributed by atoms with Gasteiger partial charge in [0.2, 0.25) is 0 Å². The van der Waals surface area contributed by atoms with Crippen LogP contribution in [0.1, 0.15) is 29.8 Å². The van der Waals surface area contributed by atoms with Gasteiger partial charge in [0.15, 0.2) is 0 Å². The van der Waals surface area contributed by atoms with E-state index in [1.807, 2.05) is 11.3 Å². The van der Waals surface area contributed by atoms with Gasteiger partial charge in [-0.05, 0) is 30.4 Å². The fourth-order valence-electron chi connectivity index (χ4n) is 2.15. The molecule has 0 spiro atoms. The summed E-state index contributed by atoms with van der Waals surface area (Å²) in [6.45, 7) is 4.46. The van der Waals surface area contributed by atoms with Crippen LogP contribution < -0.4 is 5.73 Å². The molecule has 1 saturated heterocycles. The molecule has 1 fully saturated rings. The SMILES string of the molecule is CCC1SCCSC1C(N)c1sccc1C. The Morgan fingerprint density at radius 3 is 2.81 bits per heavy atom. The molecule has 2 rings (SSSR count). The Labute approximate surface area is 111 Å². The quantitative estimate of drug-likeness (QED) is 0.910. The van der Waals surface area contributed by atoms with Crippen LogP contribution in [0.5, 0.6) is 0 Å². The van der Waals surface area contributed by atoms with Gasteiger partial charge < -0.3 is 5.73 Å². The van der Waals surface area contributed by atoms with Crippen LogP contribution >= 0.6 is 34.9 Å². The molecule has 3 unspecified atom stereocenters. The number of rotatable bonds is 3. The van der Waals surface area contributed by atoms with Crippen molar-refractivity contribution in [3.8, 4) is 0 Å². The van der Waals surface area contributed by atoms with Crippen molar-refractivity contribution in [2.24, 2.45) is 5.73 Å². The van der Waals surface area contributed by atoms with Gasteiger partial charge >= 0.3 is 0 Å². The van der Waals surface area contributed by atoms with E-state index in [1.165, 1.54) is 28.4 Å². The van der Waals surface area contributed by atoms with Crippen LogP contribution in [0.3, 0.4) is 0 Å². The van der Waals surface area contributed by atoms with Gasteiger partial charge in [-0.3, -0.25) is 0 Å². The van der Waals surface area contributed by atoms with E-state index in [0.29, 0.717) is 5.25 Å². The first-order valence-corrected chi connectivity index (χ1v) is 8.74. The highest BCUT2D eigenvalue weighted by Crippen LogP contribution is 2.40. The van der Waals surface area contributed by atoms with E-state index in [-0.39, 0.29) is 6.04 Å². The van der Waals surface area contributed by atoms with Crippen LogP contribution in [0.25, 0.3) is 0 Å². The van der Waals surface area contributed by atoms with Gasteiger partial charge in [0, 0.05) is 26.9 Å². The number of nitrogens with two attached hydrogens (primary N) is 1. The molecule has 4 heteroatoms. The Morgan fingerprint density at radius 2 is 2.19 bits per heavy atom. The first-order chi connectivity index (χ1) is 7.74. The molecular formula is C12H19NS3. The van der Waals surface area contributed by atoms with Crippen molar-refractivity contribution in [3.05, 3.63) is 21.9 Å². The van der Waals surface area contributed by atoms with Crippen molar-refractivity contribution in [1.29, 1.82) is 0 Å². The number of thiophene rings is 1. The second-order valence-corrected chi connectivity index (χ2v) is 7.73. The van der Waals surface area contributed by atoms with Gasteiger partial charge in [-0.15, -0.1) is 11.3 Å². The van der Waals surface area contributed by atoms with Gasteiger partial charge in [0.1, 0.15) is 0 Å². The lowest BCUT2D eigenvalue weighted by molar-refractivity contribution is 0.636. The highest BCUT2D eigenvalue weighted by atomic mass is 32.2. The van der Waals surface area contributed by atoms with E-state index >= 15 is 0 Å². The van der Waals surface area contributed by atoms with Crippen LogP contribution in [0.15, 0.2) is 11.4 Å². The highest BCUT2D eigenvalue weighted by Gasteiger charge is 2.31. The molecule has 3 atom stereocenters. The molecule has 0 amide bonds. The summed E-state index contributed by atoms with van der Waals surface area (Å²) in [4.78, 5) is 1.39. The third kappa shape index (κ3) is 2.61. The Kier molecular flexibility index (Phi) is 4.65. The smallest absolute Gasteiger partial charge is 0.0523 e. The van der Waals surface area contributed by atoms with E-state index < -0.39 is 0 Å². The summed E-state index contributed by atoms with van der Waals surface area (Å²) in [6.07, 6.45) is 1.24. The lowest BCUT2D eigenvalue weighted by Gasteiger charge is -2.34. The highest BCUT2D eigenvalue weighted by molar-refractivity contribution is 8.07. The van der Waals surface area contributed by atoms with E-state index in [0.717, 1.165) is 5.25 Å². The van der Waals surface area contributed by atoms with Gasteiger partial charge in [0.25, 0.3) is 0 Å². The molecule has 1 aliphatic rings. The first kappa shape index (κ1) is 12.8. The molecule has 0 radical (unpaired) electrons. The summed E-state index contributed by atoms with van der Waals surface area (Å²) in [5, 5.41) is 3.49. The zero-order valence-electron chi connectivity index (χ0n) is 9.81. The van der Waals surface area contributed by atoms with Gasteiger partial charge in [-0.1, -0.05) is 6.92 Å². The average molecular weight is 273 g/mol. The van der Waals surface area contributed by atoms with E-state index in [9.17, 15) is 0 Å². The summed E-state index contributed by atoms with van der Waals surface area (Å²) in [5.41, 5.74) is 7.82. The molecule has 1 aromatic heterocycles. The summed E-state index contributed by atoms with van der Waals surface area (Å²) in [7, 11) is 0. The summed E-state index contributed by atoms with van der Waals surface area (Å²) in [5.74, 6) is 2.54. The average Bonchev–Trinajstić information content (AvgIpc) is 2.74. The summed E-state index contributed by atoms with van der Waals surface area (Å²) in [6, 6.07) is 2.41. The molecule has 2 N–H and O–H groups in total. The second kappa shape index (κ2) is 5.80. The molecule has 1 nitrogen and oxygen atoms in total. The minimum absolute atomic E-state index is 0.225. The molecule has 0 aromatic carbocycles. The predicted molar refractivity (Wildman–Crippen MR) is 78.8 cm³/mol. The predicted octanol–water partition coefficient (Wildman–Crippen LogP) is 3.68. The van der Waals surface area contributed by atoms with Crippen molar-refractivity contribution in [3.63, 3.8) is 0 Å². The Hall–Kier alpha value is 0.360. The standard InChI is InChI=1S/C12H19NS3/c1-3-9-12(16-7-6-14-9)10(13)11-8(2)4-5-15-11/h4-5,9-10,12H,3,6-7,13H2,1-2H3. The fourth-order valence-corrected chi connectivity index (χ4v) is 6.37. The fraction of sp³-hybridized carbons (Fsp3) is 0.667. The molecule has 0 bridgehead atoms. The monoisotopic (exact) mass is 273 g/mol. The number of hydrogen-bond donors (Lipinski definition) is 1. The minimum atomic E-state index is 0.225. The van der Waals surface area contributed by atoms with Crippen molar-refractivity contribution in [2.45, 2.75) is 36.8 Å². The molecule has 90 valence electrons. The molecular weight excluding hydrogens is 254 g/mol. The van der Waals surface area contributed by atoms with Crippen molar-refractivity contribution >= 4 is 34.9 Å². The van der Waals surface area contributed by atoms with Crippen LogP contribution in [0.2, 0.25) is 0 Å². The zero-order valence-corrected chi connectivity index (χ0v) is 12.3. The zero-order chi connectivity index (χ0) is 11.5. The maximum absolute atomic E-state index is 6.46. The van der Waals surface area contributed by atoms with Crippen molar-refractivity contribution < 1.29 is 0 Å². The lowest BCUT2D eigenvalue weighted by atomic mass is 10.1. The van der Waals surface area contributed by atoms with Crippen LogP contribution in [-0.2, 0) is 0 Å². The van der Waals surface area contributed by atoms with E-state index in [1.54, 1.807) is 0 Å². The molecule has 1 aromatic rings. The van der Waals surface area contributed by atoms with E-state index in [4.69, 9.17) is 5.73 Å². The van der Waals surface area contributed by atoms with Crippen LogP contribution in [0.4, 0.5) is 0 Å². The third-order valence-electron chi connectivity index (χ3n) is 3.05. The topological polar surface area (TPSA) is 26.0 Å². The maximum Gasteiger partial charge on any atom is 0.0523 e. The van der Waals surface area contributed by atoms with Crippen molar-refractivity contribution in [1.82, 2.24) is 0 Å². The number of aryl methyl sites for hydroxylation is 1. The lowest BCUT2D eigenvalue weighted by Crippen LogP contribution is -2.35. The molecule has 2 heterocycles. The minimum Gasteiger partial charge on any atom is -0.322 e. The Morgan fingerprint density at radius 1 is 1.44 bits per heavy atom. The van der Waals surface area contributed by atoms with Crippen LogP contribution in [0, 0.1) is 6.92 Å². The summed E-state index contributed by atoms with van der Waals surface area (Å²) < 4.78 is 0. The normalized spacial score (nSPS) is 27.9. The number of hydrogen-bond acceptors (Lipinski definition) is 4. The van der Waals surface area contributed by atoms with Gasteiger partial charge in [-0.2, -0.15) is 23.5 Å². The molecule has 1 aliphatic heterocycles. The Bertz CT molecular complexity index is 337. The van der Waals surface area contributed by atoms with Gasteiger partial charge in [-0.25, -0.2) is 0 Å². The summed E-state index contributed by atoms with van der Waals surface area (Å²) >= 11 is 5.99. The third-order valence-corrected chi connectivity index (χ3v) is 7.54. The molecule has 16 heavy (non-hydrogen) atoms. The first-order valence-electron chi connectivity index (χ1n) is 5.76. The largest absolute Gasteiger partial charge is 0.322 e. The Balaban J connectivity index is 2.13. The van der Waals surface area contributed by atoms with E-state index in [2.05, 4.69) is 48.8 Å². The maximum atomic E-state index is 6.46. The second-order valence-electron chi connectivity index (χ2n) is 4.15. The molecule has 0 saturated carbocycles. The van der Waals surface area contributed by atoms with Gasteiger partial charge in [0.05, 0.1) is 6.04 Å².